The van der Waals surface area contributed by atoms with Gasteiger partial charge in [-0.25, -0.2) is 14.8 Å². The van der Waals surface area contributed by atoms with Crippen LogP contribution >= 0.6 is 0 Å². The molecule has 0 fully saturated rings. The van der Waals surface area contributed by atoms with Crippen molar-refractivity contribution in [1.29, 1.82) is 0 Å². The molecule has 0 spiro atoms. The van der Waals surface area contributed by atoms with Crippen molar-refractivity contribution in [2.24, 2.45) is 13.0 Å². The number of carbonyl (C=O) groups excluding carboxylic acids is 1. The van der Waals surface area contributed by atoms with Crippen molar-refractivity contribution in [3.63, 3.8) is 0 Å². The number of fused-ring (bicyclic) bond motifs is 2. The van der Waals surface area contributed by atoms with Crippen molar-refractivity contribution in [3.05, 3.63) is 68.8 Å². The standard InChI is InChI=1S/C28H33N5O5/c1-18(2)16-33-26-25(27(35)32(4)28(33)36)30-21(12-6-5-7-15-37-19(3)34)22(31-26)17-38-23-13-8-10-20-11-9-14-29-24(20)23/h8-11,13-14,18H,5-7,12,15-17H2,1-4H3. The van der Waals surface area contributed by atoms with Crippen molar-refractivity contribution < 1.29 is 14.3 Å². The molecule has 0 aliphatic heterocycles. The van der Waals surface area contributed by atoms with Gasteiger partial charge < -0.3 is 9.47 Å². The number of hydrogen-bond donors (Lipinski definition) is 0. The third-order valence-electron chi connectivity index (χ3n) is 6.18. The lowest BCUT2D eigenvalue weighted by atomic mass is 10.1. The number of unbranched alkanes of at least 4 members (excludes halogenated alkanes) is 2. The van der Waals surface area contributed by atoms with E-state index in [9.17, 15) is 14.4 Å². The van der Waals surface area contributed by atoms with Gasteiger partial charge in [0.15, 0.2) is 11.2 Å². The average Bonchev–Trinajstić information content (AvgIpc) is 2.90. The first-order valence-corrected chi connectivity index (χ1v) is 12.9. The number of aryl methyl sites for hydroxylation is 1. The van der Waals surface area contributed by atoms with E-state index in [1.807, 2.05) is 44.2 Å². The summed E-state index contributed by atoms with van der Waals surface area (Å²) in [5, 5.41) is 0.955. The van der Waals surface area contributed by atoms with Crippen LogP contribution < -0.4 is 16.0 Å². The fraction of sp³-hybridized carbons (Fsp3) is 0.429. The van der Waals surface area contributed by atoms with Crippen LogP contribution in [0.3, 0.4) is 0 Å². The monoisotopic (exact) mass is 519 g/mol. The van der Waals surface area contributed by atoms with Gasteiger partial charge in [-0.2, -0.15) is 0 Å². The first-order valence-electron chi connectivity index (χ1n) is 12.9. The minimum atomic E-state index is -0.473. The van der Waals surface area contributed by atoms with Crippen LogP contribution in [-0.4, -0.2) is 36.7 Å². The van der Waals surface area contributed by atoms with Crippen LogP contribution in [0, 0.1) is 5.92 Å². The maximum atomic E-state index is 13.0. The maximum absolute atomic E-state index is 13.0. The van der Waals surface area contributed by atoms with Gasteiger partial charge >= 0.3 is 11.7 Å². The number of carbonyl (C=O) groups is 1. The van der Waals surface area contributed by atoms with E-state index in [2.05, 4.69) is 4.98 Å². The molecule has 0 N–H and O–H groups in total. The van der Waals surface area contributed by atoms with Crippen LogP contribution in [0.4, 0.5) is 0 Å². The molecule has 3 aromatic heterocycles. The first kappa shape index (κ1) is 27.0. The van der Waals surface area contributed by atoms with E-state index < -0.39 is 11.2 Å². The van der Waals surface area contributed by atoms with Crippen molar-refractivity contribution >= 4 is 28.0 Å². The number of benzene rings is 1. The molecule has 0 bridgehead atoms. The molecule has 0 amide bonds. The third-order valence-corrected chi connectivity index (χ3v) is 6.18. The number of hydrogen-bond acceptors (Lipinski definition) is 8. The Bertz CT molecular complexity index is 1570. The molecule has 0 atom stereocenters. The molecule has 1 aromatic carbocycles. The molecule has 0 aliphatic rings. The fourth-order valence-electron chi connectivity index (χ4n) is 4.32. The number of pyridine rings is 1. The summed E-state index contributed by atoms with van der Waals surface area (Å²) in [5.74, 6) is 0.477. The van der Waals surface area contributed by atoms with Gasteiger partial charge in [-0.3, -0.25) is 23.7 Å². The first-order chi connectivity index (χ1) is 18.3. The van der Waals surface area contributed by atoms with E-state index in [4.69, 9.17) is 19.4 Å². The van der Waals surface area contributed by atoms with Gasteiger partial charge in [-0.15, -0.1) is 0 Å². The fourth-order valence-corrected chi connectivity index (χ4v) is 4.32. The quantitative estimate of drug-likeness (QED) is 0.218. The number of nitrogens with zero attached hydrogens (tertiary/aromatic N) is 5. The Morgan fingerprint density at radius 2 is 1.79 bits per heavy atom. The number of esters is 1. The minimum absolute atomic E-state index is 0.104. The summed E-state index contributed by atoms with van der Waals surface area (Å²) in [7, 11) is 1.46. The Morgan fingerprint density at radius 3 is 2.55 bits per heavy atom. The van der Waals surface area contributed by atoms with E-state index in [1.165, 1.54) is 18.5 Å². The lowest BCUT2D eigenvalue weighted by Crippen LogP contribution is -2.40. The summed E-state index contributed by atoms with van der Waals surface area (Å²) in [5.41, 5.74) is 1.48. The average molecular weight is 520 g/mol. The highest BCUT2D eigenvalue weighted by Gasteiger charge is 2.19. The summed E-state index contributed by atoms with van der Waals surface area (Å²) in [6.45, 7) is 6.26. The summed E-state index contributed by atoms with van der Waals surface area (Å²) >= 11 is 0. The van der Waals surface area contributed by atoms with Crippen molar-refractivity contribution in [1.82, 2.24) is 24.1 Å². The maximum Gasteiger partial charge on any atom is 0.332 e. The Labute approximate surface area is 220 Å². The van der Waals surface area contributed by atoms with E-state index in [0.29, 0.717) is 36.7 Å². The zero-order chi connectivity index (χ0) is 27.2. The molecule has 10 heteroatoms. The van der Waals surface area contributed by atoms with Gasteiger partial charge in [0.05, 0.1) is 12.3 Å². The molecule has 0 unspecified atom stereocenters. The van der Waals surface area contributed by atoms with Crippen molar-refractivity contribution in [3.8, 4) is 5.75 Å². The number of ether oxygens (including phenoxy) is 2. The van der Waals surface area contributed by atoms with E-state index in [0.717, 1.165) is 34.7 Å². The summed E-state index contributed by atoms with van der Waals surface area (Å²) in [4.78, 5) is 51.0. The second-order valence-electron chi connectivity index (χ2n) is 9.71. The Kier molecular flexibility index (Phi) is 8.50. The molecular formula is C28H33N5O5. The van der Waals surface area contributed by atoms with Gasteiger partial charge in [0.25, 0.3) is 5.56 Å². The Morgan fingerprint density at radius 1 is 1.00 bits per heavy atom. The molecule has 200 valence electrons. The predicted octanol–water partition coefficient (Wildman–Crippen LogP) is 3.55. The van der Waals surface area contributed by atoms with Crippen molar-refractivity contribution in [2.45, 2.75) is 59.6 Å². The van der Waals surface area contributed by atoms with Gasteiger partial charge in [0, 0.05) is 32.1 Å². The van der Waals surface area contributed by atoms with Gasteiger partial charge in [0.2, 0.25) is 0 Å². The predicted molar refractivity (Wildman–Crippen MR) is 144 cm³/mol. The van der Waals surface area contributed by atoms with Crippen molar-refractivity contribution in [2.75, 3.05) is 6.61 Å². The molecule has 10 nitrogen and oxygen atoms in total. The van der Waals surface area contributed by atoms with Crippen LogP contribution in [0.2, 0.25) is 0 Å². The summed E-state index contributed by atoms with van der Waals surface area (Å²) < 4.78 is 13.8. The third kappa shape index (κ3) is 6.07. The number of aromatic nitrogens is 5. The molecule has 0 saturated carbocycles. The van der Waals surface area contributed by atoms with Crippen LogP contribution in [0.1, 0.15) is 51.4 Å². The number of para-hydroxylation sites is 1. The molecule has 3 heterocycles. The SMILES string of the molecule is CC(=O)OCCCCCc1nc2c(=O)n(C)c(=O)n(CC(C)C)c2nc1COc1cccc2cccnc12. The molecule has 0 saturated heterocycles. The van der Waals surface area contributed by atoms with Gasteiger partial charge in [-0.05, 0) is 43.7 Å². The highest BCUT2D eigenvalue weighted by Crippen LogP contribution is 2.24. The van der Waals surface area contributed by atoms with E-state index in [1.54, 1.807) is 6.20 Å². The zero-order valence-corrected chi connectivity index (χ0v) is 22.3. The summed E-state index contributed by atoms with van der Waals surface area (Å²) in [6, 6.07) is 9.55. The highest BCUT2D eigenvalue weighted by atomic mass is 16.5. The largest absolute Gasteiger partial charge is 0.485 e. The summed E-state index contributed by atoms with van der Waals surface area (Å²) in [6.07, 6.45) is 4.57. The lowest BCUT2D eigenvalue weighted by Gasteiger charge is -2.16. The number of rotatable bonds is 11. The van der Waals surface area contributed by atoms with Crippen LogP contribution in [-0.2, 0) is 36.2 Å². The molecule has 4 rings (SSSR count). The Hall–Kier alpha value is -4.08. The molecular weight excluding hydrogens is 486 g/mol. The van der Waals surface area contributed by atoms with E-state index in [-0.39, 0.29) is 29.7 Å². The minimum Gasteiger partial charge on any atom is -0.485 e. The smallest absolute Gasteiger partial charge is 0.332 e. The molecule has 0 radical (unpaired) electrons. The second kappa shape index (κ2) is 12.0. The van der Waals surface area contributed by atoms with Gasteiger partial charge in [-0.1, -0.05) is 32.0 Å². The molecule has 4 aromatic rings. The topological polar surface area (TPSA) is 118 Å². The van der Waals surface area contributed by atoms with Gasteiger partial charge in [0.1, 0.15) is 23.6 Å². The van der Waals surface area contributed by atoms with Crippen LogP contribution in [0.25, 0.3) is 22.1 Å². The highest BCUT2D eigenvalue weighted by molar-refractivity contribution is 5.84. The molecule has 38 heavy (non-hydrogen) atoms. The molecule has 0 aliphatic carbocycles. The van der Waals surface area contributed by atoms with Crippen LogP contribution in [0.5, 0.6) is 5.75 Å². The Balaban J connectivity index is 1.71. The normalized spacial score (nSPS) is 11.4. The second-order valence-corrected chi connectivity index (χ2v) is 9.71. The lowest BCUT2D eigenvalue weighted by molar-refractivity contribution is -0.141. The van der Waals surface area contributed by atoms with E-state index >= 15 is 0 Å². The van der Waals surface area contributed by atoms with Crippen LogP contribution in [0.15, 0.2) is 46.1 Å². The zero-order valence-electron chi connectivity index (χ0n) is 22.3.